The van der Waals surface area contributed by atoms with Crippen molar-refractivity contribution in [3.63, 3.8) is 0 Å². The summed E-state index contributed by atoms with van der Waals surface area (Å²) in [5.41, 5.74) is 0. The van der Waals surface area contributed by atoms with E-state index in [4.69, 9.17) is 0 Å². The fraction of sp³-hybridized carbons (Fsp3) is 1.00. The molecular weight excluding hydrogens is 394 g/mol. The van der Waals surface area contributed by atoms with Crippen molar-refractivity contribution >= 4 is 82.1 Å². The normalized spacial score (nSPS) is 18.5. The van der Waals surface area contributed by atoms with E-state index in [-0.39, 0.29) is 29.8 Å². The molecule has 0 saturated carbocycles. The van der Waals surface area contributed by atoms with Crippen LogP contribution in [0.5, 0.6) is 0 Å². The van der Waals surface area contributed by atoms with Crippen LogP contribution < -0.4 is 0 Å². The first-order valence-electron chi connectivity index (χ1n) is 5.75. The fourth-order valence-corrected chi connectivity index (χ4v) is 32.4. The van der Waals surface area contributed by atoms with Crippen molar-refractivity contribution in [1.29, 1.82) is 0 Å². The van der Waals surface area contributed by atoms with Gasteiger partial charge in [0.2, 0.25) is 0 Å². The van der Waals surface area contributed by atoms with Gasteiger partial charge in [0, 0.05) is 16.5 Å². The SMILES string of the molecule is CCPC[PH+](P)CC[PH+](C[PH+](C)P(P)P)PP. The van der Waals surface area contributed by atoms with Crippen molar-refractivity contribution in [2.75, 3.05) is 37.0 Å². The Morgan fingerprint density at radius 1 is 1.24 bits per heavy atom. The summed E-state index contributed by atoms with van der Waals surface area (Å²) in [5.74, 6) is 3.18. The van der Waals surface area contributed by atoms with E-state index in [1.165, 1.54) is 22.7 Å². The molecule has 0 aromatic heterocycles. The van der Waals surface area contributed by atoms with Crippen molar-refractivity contribution in [2.24, 2.45) is 0 Å². The third-order valence-corrected chi connectivity index (χ3v) is 35.0. The highest BCUT2D eigenvalue weighted by molar-refractivity contribution is 8.73. The summed E-state index contributed by atoms with van der Waals surface area (Å²) in [5, 5.41) is 0. The quantitative estimate of drug-likeness (QED) is 0.377. The highest BCUT2D eigenvalue weighted by atomic mass is 32.7. The van der Waals surface area contributed by atoms with Crippen LogP contribution in [0.15, 0.2) is 0 Å². The van der Waals surface area contributed by atoms with Crippen LogP contribution in [-0.4, -0.2) is 37.0 Å². The highest BCUT2D eigenvalue weighted by Gasteiger charge is 2.27. The summed E-state index contributed by atoms with van der Waals surface area (Å²) in [4.78, 5) is 0. The Morgan fingerprint density at radius 2 is 1.88 bits per heavy atom. The summed E-state index contributed by atoms with van der Waals surface area (Å²) >= 11 is 0. The van der Waals surface area contributed by atoms with Crippen LogP contribution in [0, 0.1) is 0 Å². The molecule has 0 saturated heterocycles. The van der Waals surface area contributed by atoms with Gasteiger partial charge in [0.15, 0.2) is 5.90 Å². The molecule has 0 aliphatic rings. The second kappa shape index (κ2) is 13.9. The van der Waals surface area contributed by atoms with Crippen LogP contribution in [0.25, 0.3) is 0 Å². The zero-order valence-corrected chi connectivity index (χ0v) is 21.3. The molecule has 104 valence electrons. The van der Waals surface area contributed by atoms with Gasteiger partial charge in [0.1, 0.15) is 0 Å². The van der Waals surface area contributed by atoms with E-state index in [2.05, 4.69) is 49.3 Å². The molecule has 0 rings (SSSR count). The molecule has 0 heterocycles. The maximum Gasteiger partial charge on any atom is 0.160 e. The molecule has 0 bridgehead atoms. The van der Waals surface area contributed by atoms with Crippen LogP contribution in [0.1, 0.15) is 6.92 Å². The molecule has 0 radical (unpaired) electrons. The van der Waals surface area contributed by atoms with Gasteiger partial charge in [-0.2, -0.15) is 0 Å². The van der Waals surface area contributed by atoms with Gasteiger partial charge >= 0.3 is 0 Å². The molecule has 0 aromatic rings. The Morgan fingerprint density at radius 3 is 2.35 bits per heavy atom. The average Bonchev–Trinajstić information content (AvgIpc) is 2.31. The molecule has 0 nitrogen and oxygen atoms in total. The fourth-order valence-electron chi connectivity index (χ4n) is 1.30. The second-order valence-corrected chi connectivity index (χ2v) is 34.2. The van der Waals surface area contributed by atoms with E-state index < -0.39 is 0 Å². The first-order valence-corrected chi connectivity index (χ1v) is 24.2. The summed E-state index contributed by atoms with van der Waals surface area (Å²) < 4.78 is 0. The molecule has 0 N–H and O–H groups in total. The van der Waals surface area contributed by atoms with Gasteiger partial charge in [-0.05, 0) is 6.16 Å². The Hall–Kier alpha value is 4.30. The maximum atomic E-state index is 3.18. The van der Waals surface area contributed by atoms with Crippen molar-refractivity contribution in [3.05, 3.63) is 0 Å². The van der Waals surface area contributed by atoms with E-state index in [1.54, 1.807) is 24.1 Å². The molecule has 0 aliphatic carbocycles. The van der Waals surface area contributed by atoms with Crippen molar-refractivity contribution in [1.82, 2.24) is 0 Å². The lowest BCUT2D eigenvalue weighted by Crippen LogP contribution is -1.89. The van der Waals surface area contributed by atoms with E-state index in [0.29, 0.717) is 0 Å². The van der Waals surface area contributed by atoms with E-state index >= 15 is 0 Å². The zero-order valence-electron chi connectivity index (χ0n) is 10.8. The van der Waals surface area contributed by atoms with E-state index in [1.807, 2.05) is 0 Å². The van der Waals surface area contributed by atoms with Gasteiger partial charge in [0.05, 0.1) is 55.1 Å². The van der Waals surface area contributed by atoms with Crippen LogP contribution in [-0.2, 0) is 0 Å². The van der Waals surface area contributed by atoms with Gasteiger partial charge in [0.25, 0.3) is 0 Å². The molecule has 9 unspecified atom stereocenters. The second-order valence-electron chi connectivity index (χ2n) is 4.01. The van der Waals surface area contributed by atoms with Crippen LogP contribution in [0.3, 0.4) is 0 Å². The Labute approximate surface area is 125 Å². The lowest BCUT2D eigenvalue weighted by molar-refractivity contribution is 1.50. The lowest BCUT2D eigenvalue weighted by Gasteiger charge is -2.11. The maximum absolute atomic E-state index is 3.18. The molecule has 0 fully saturated rings. The number of hydrogen-bond donors (Lipinski definition) is 0. The zero-order chi connectivity index (χ0) is 13.3. The van der Waals surface area contributed by atoms with Crippen molar-refractivity contribution in [2.45, 2.75) is 6.92 Å². The monoisotopic (exact) mass is 423 g/mol. The van der Waals surface area contributed by atoms with Gasteiger partial charge < -0.3 is 0 Å². The molecule has 0 aromatic carbocycles. The summed E-state index contributed by atoms with van der Waals surface area (Å²) in [6.45, 7) is 5.09. The van der Waals surface area contributed by atoms with Crippen LogP contribution in [0.2, 0.25) is 0 Å². The van der Waals surface area contributed by atoms with Crippen molar-refractivity contribution in [3.8, 4) is 0 Å². The van der Waals surface area contributed by atoms with Crippen LogP contribution in [0.4, 0.5) is 0 Å². The van der Waals surface area contributed by atoms with Gasteiger partial charge in [-0.15, -0.1) is 0 Å². The third kappa shape index (κ3) is 12.5. The van der Waals surface area contributed by atoms with Crippen molar-refractivity contribution < 1.29 is 0 Å². The Balaban J connectivity index is 3.81. The molecule has 0 aliphatic heterocycles. The lowest BCUT2D eigenvalue weighted by atomic mass is 11.0. The van der Waals surface area contributed by atoms with Crippen LogP contribution >= 0.6 is 82.1 Å². The minimum absolute atomic E-state index is 0.00662. The first-order chi connectivity index (χ1) is 8.01. The molecule has 10 heteroatoms. The minimum Gasteiger partial charge on any atom is -0.0823 e. The Bertz CT molecular complexity index is 176. The van der Waals surface area contributed by atoms with E-state index in [0.717, 1.165) is 0 Å². The molecule has 0 amide bonds. The smallest absolute Gasteiger partial charge is 0.0823 e. The van der Waals surface area contributed by atoms with Gasteiger partial charge in [-0.3, -0.25) is 0 Å². The molecule has 0 spiro atoms. The molecule has 17 heavy (non-hydrogen) atoms. The predicted octanol–water partition coefficient (Wildman–Crippen LogP) is 6.02. The number of rotatable bonds is 10. The largest absolute Gasteiger partial charge is 0.160 e. The summed E-state index contributed by atoms with van der Waals surface area (Å²) in [7, 11) is 14.6. The van der Waals surface area contributed by atoms with Gasteiger partial charge in [-0.1, -0.05) is 42.3 Å². The van der Waals surface area contributed by atoms with Gasteiger partial charge in [-0.25, -0.2) is 0 Å². The topological polar surface area (TPSA) is 0 Å². The highest BCUT2D eigenvalue weighted by Crippen LogP contribution is 2.82. The average molecular weight is 423 g/mol. The third-order valence-electron chi connectivity index (χ3n) is 2.46. The minimum atomic E-state index is -0.0565. The summed E-state index contributed by atoms with van der Waals surface area (Å²) in [6, 6.07) is 0. The summed E-state index contributed by atoms with van der Waals surface area (Å²) in [6.07, 6.45) is 4.57. The standard InChI is InChI=1S/C7H26P10/c1-3-12-6-15(9)4-5-16(13-8)7-14(2)17(10)11/h12-13H,3-11H2,1-2H3/p+3. The predicted molar refractivity (Wildman–Crippen MR) is 123 cm³/mol. The molecule has 9 atom stereocenters. The number of hydrogen-bond acceptors (Lipinski definition) is 0. The molecular formula is C7H29P10+3. The Kier molecular flexibility index (Phi) is 17.5. The first kappa shape index (κ1) is 21.3. The van der Waals surface area contributed by atoms with E-state index in [9.17, 15) is 0 Å².